The van der Waals surface area contributed by atoms with E-state index in [1.165, 1.54) is 15.4 Å². The van der Waals surface area contributed by atoms with E-state index in [1.807, 2.05) is 24.5 Å². The van der Waals surface area contributed by atoms with E-state index < -0.39 is 0 Å². The first-order valence-electron chi connectivity index (χ1n) is 5.73. The van der Waals surface area contributed by atoms with Crippen LogP contribution in [0.1, 0.15) is 24.9 Å². The van der Waals surface area contributed by atoms with Crippen molar-refractivity contribution in [1.82, 2.24) is 4.98 Å². The Labute approximate surface area is 106 Å². The zero-order valence-electron chi connectivity index (χ0n) is 9.84. The largest absolute Gasteiger partial charge is 0.324 e. The van der Waals surface area contributed by atoms with Gasteiger partial charge >= 0.3 is 0 Å². The predicted molar refractivity (Wildman–Crippen MR) is 72.0 cm³/mol. The monoisotopic (exact) mass is 244 g/mol. The molecule has 0 bridgehead atoms. The third-order valence-electron chi connectivity index (χ3n) is 2.63. The lowest BCUT2D eigenvalue weighted by Gasteiger charge is -2.09. The zero-order valence-corrected chi connectivity index (χ0v) is 10.7. The highest BCUT2D eigenvalue weighted by Crippen LogP contribution is 2.27. The number of pyridine rings is 1. The second-order valence-corrected chi connectivity index (χ2v) is 5.02. The highest BCUT2D eigenvalue weighted by atomic mass is 32.2. The Kier molecular flexibility index (Phi) is 4.18. The number of benzene rings is 1. The van der Waals surface area contributed by atoms with Crippen molar-refractivity contribution < 1.29 is 0 Å². The van der Waals surface area contributed by atoms with Gasteiger partial charge in [-0.25, -0.2) is 0 Å². The van der Waals surface area contributed by atoms with Gasteiger partial charge in [0.1, 0.15) is 0 Å². The van der Waals surface area contributed by atoms with Crippen molar-refractivity contribution in [3.05, 3.63) is 54.4 Å². The first kappa shape index (κ1) is 12.1. The van der Waals surface area contributed by atoms with Crippen LogP contribution in [0.15, 0.2) is 58.6 Å². The molecular formula is C14H16N2S. The second kappa shape index (κ2) is 5.84. The maximum absolute atomic E-state index is 5.98. The zero-order chi connectivity index (χ0) is 12.1. The molecule has 1 aromatic carbocycles. The quantitative estimate of drug-likeness (QED) is 0.892. The number of nitrogens with two attached hydrogens (primary N) is 1. The van der Waals surface area contributed by atoms with Crippen LogP contribution in [-0.4, -0.2) is 4.98 Å². The van der Waals surface area contributed by atoms with Gasteiger partial charge in [-0.1, -0.05) is 30.8 Å². The van der Waals surface area contributed by atoms with Crippen LogP contribution in [0.5, 0.6) is 0 Å². The predicted octanol–water partition coefficient (Wildman–Crippen LogP) is 3.64. The average molecular weight is 244 g/mol. The number of hydrogen-bond acceptors (Lipinski definition) is 3. The van der Waals surface area contributed by atoms with Crippen LogP contribution in [0.3, 0.4) is 0 Å². The molecule has 1 heterocycles. The van der Waals surface area contributed by atoms with E-state index in [-0.39, 0.29) is 6.04 Å². The topological polar surface area (TPSA) is 38.9 Å². The summed E-state index contributed by atoms with van der Waals surface area (Å²) < 4.78 is 0. The van der Waals surface area contributed by atoms with E-state index in [0.29, 0.717) is 0 Å². The van der Waals surface area contributed by atoms with Crippen LogP contribution in [0, 0.1) is 0 Å². The summed E-state index contributed by atoms with van der Waals surface area (Å²) in [6, 6.07) is 12.6. The molecule has 0 unspecified atom stereocenters. The van der Waals surface area contributed by atoms with Gasteiger partial charge in [0.25, 0.3) is 0 Å². The van der Waals surface area contributed by atoms with Crippen molar-refractivity contribution in [3.63, 3.8) is 0 Å². The van der Waals surface area contributed by atoms with Gasteiger partial charge in [0, 0.05) is 28.2 Å². The average Bonchev–Trinajstić information content (AvgIpc) is 2.40. The van der Waals surface area contributed by atoms with Crippen LogP contribution in [0.4, 0.5) is 0 Å². The molecule has 0 aliphatic heterocycles. The molecule has 2 nitrogen and oxygen atoms in total. The minimum absolute atomic E-state index is 0.148. The minimum atomic E-state index is 0.148. The molecule has 0 saturated heterocycles. The lowest BCUT2D eigenvalue weighted by atomic mass is 10.1. The van der Waals surface area contributed by atoms with Gasteiger partial charge in [-0.05, 0) is 36.2 Å². The van der Waals surface area contributed by atoms with E-state index >= 15 is 0 Å². The van der Waals surface area contributed by atoms with Crippen LogP contribution >= 0.6 is 11.8 Å². The van der Waals surface area contributed by atoms with Gasteiger partial charge in [-0.3, -0.25) is 4.98 Å². The maximum atomic E-state index is 5.98. The summed E-state index contributed by atoms with van der Waals surface area (Å²) in [4.78, 5) is 6.43. The minimum Gasteiger partial charge on any atom is -0.324 e. The van der Waals surface area contributed by atoms with Crippen molar-refractivity contribution in [2.45, 2.75) is 29.2 Å². The van der Waals surface area contributed by atoms with Gasteiger partial charge in [0.2, 0.25) is 0 Å². The molecule has 0 amide bonds. The molecule has 2 aromatic rings. The fraction of sp³-hybridized carbons (Fsp3) is 0.214. The molecule has 2 rings (SSSR count). The summed E-state index contributed by atoms with van der Waals surface area (Å²) in [6.45, 7) is 2.10. The highest BCUT2D eigenvalue weighted by molar-refractivity contribution is 7.99. The van der Waals surface area contributed by atoms with Crippen LogP contribution in [0.2, 0.25) is 0 Å². The summed E-state index contributed by atoms with van der Waals surface area (Å²) in [7, 11) is 0. The van der Waals surface area contributed by atoms with E-state index in [4.69, 9.17) is 5.73 Å². The summed E-state index contributed by atoms with van der Waals surface area (Å²) >= 11 is 1.73. The summed E-state index contributed by atoms with van der Waals surface area (Å²) in [5.41, 5.74) is 7.18. The first-order chi connectivity index (χ1) is 8.29. The molecule has 3 heteroatoms. The second-order valence-electron chi connectivity index (χ2n) is 3.87. The van der Waals surface area contributed by atoms with E-state index in [9.17, 15) is 0 Å². The summed E-state index contributed by atoms with van der Waals surface area (Å²) in [5.74, 6) is 0. The number of aromatic nitrogens is 1. The van der Waals surface area contributed by atoms with Crippen molar-refractivity contribution in [2.24, 2.45) is 5.73 Å². The molecule has 0 fully saturated rings. The Morgan fingerprint density at radius 2 is 1.65 bits per heavy atom. The molecule has 0 aliphatic carbocycles. The highest BCUT2D eigenvalue weighted by Gasteiger charge is 2.03. The lowest BCUT2D eigenvalue weighted by molar-refractivity contribution is 0.698. The fourth-order valence-electron chi connectivity index (χ4n) is 1.56. The van der Waals surface area contributed by atoms with E-state index in [2.05, 4.69) is 36.2 Å². The molecule has 88 valence electrons. The molecule has 0 aliphatic rings. The van der Waals surface area contributed by atoms with Gasteiger partial charge in [-0.2, -0.15) is 0 Å². The van der Waals surface area contributed by atoms with Gasteiger partial charge in [0.05, 0.1) is 0 Å². The van der Waals surface area contributed by atoms with Crippen molar-refractivity contribution in [3.8, 4) is 0 Å². The first-order valence-corrected chi connectivity index (χ1v) is 6.54. The van der Waals surface area contributed by atoms with Gasteiger partial charge in [0.15, 0.2) is 0 Å². The van der Waals surface area contributed by atoms with Crippen LogP contribution < -0.4 is 5.73 Å². The fourth-order valence-corrected chi connectivity index (χ4v) is 2.36. The van der Waals surface area contributed by atoms with Crippen molar-refractivity contribution in [2.75, 3.05) is 0 Å². The standard InChI is InChI=1S/C14H16N2S/c1-2-14(15)11-3-5-12(6-4-11)17-13-7-9-16-10-8-13/h3-10,14H,2,15H2,1H3/t14-/m1/s1. The molecule has 17 heavy (non-hydrogen) atoms. The number of rotatable bonds is 4. The van der Waals surface area contributed by atoms with Crippen molar-refractivity contribution in [1.29, 1.82) is 0 Å². The SMILES string of the molecule is CC[C@@H](N)c1ccc(Sc2ccncc2)cc1. The molecule has 1 atom stereocenters. The Hall–Kier alpha value is -1.32. The molecule has 0 saturated carbocycles. The van der Waals surface area contributed by atoms with Crippen LogP contribution in [-0.2, 0) is 0 Å². The third kappa shape index (κ3) is 3.32. The normalized spacial score (nSPS) is 12.4. The lowest BCUT2D eigenvalue weighted by Crippen LogP contribution is -2.07. The van der Waals surface area contributed by atoms with Gasteiger partial charge in [-0.15, -0.1) is 0 Å². The number of hydrogen-bond donors (Lipinski definition) is 1. The van der Waals surface area contributed by atoms with E-state index in [1.54, 1.807) is 11.8 Å². The van der Waals surface area contributed by atoms with Crippen LogP contribution in [0.25, 0.3) is 0 Å². The summed E-state index contributed by atoms with van der Waals surface area (Å²) in [5, 5.41) is 0. The van der Waals surface area contributed by atoms with Gasteiger partial charge < -0.3 is 5.73 Å². The maximum Gasteiger partial charge on any atom is 0.0292 e. The Morgan fingerprint density at radius 1 is 1.06 bits per heavy atom. The molecule has 1 aromatic heterocycles. The number of nitrogens with zero attached hydrogens (tertiary/aromatic N) is 1. The molecule has 2 N–H and O–H groups in total. The molecule has 0 radical (unpaired) electrons. The Morgan fingerprint density at radius 3 is 2.24 bits per heavy atom. The smallest absolute Gasteiger partial charge is 0.0292 e. The van der Waals surface area contributed by atoms with Crippen molar-refractivity contribution >= 4 is 11.8 Å². The Balaban J connectivity index is 2.08. The third-order valence-corrected chi connectivity index (χ3v) is 3.65. The molecule has 0 spiro atoms. The van der Waals surface area contributed by atoms with E-state index in [0.717, 1.165) is 6.42 Å². The summed E-state index contributed by atoms with van der Waals surface area (Å²) in [6.07, 6.45) is 4.59. The molecular weight excluding hydrogens is 228 g/mol. The Bertz CT molecular complexity index is 453.